The second-order valence-corrected chi connectivity index (χ2v) is 7.47. The first-order valence-electron chi connectivity index (χ1n) is 7.82. The van der Waals surface area contributed by atoms with Gasteiger partial charge in [0.1, 0.15) is 0 Å². The van der Waals surface area contributed by atoms with E-state index in [0.717, 1.165) is 31.6 Å². The first-order chi connectivity index (χ1) is 10.5. The normalized spacial score (nSPS) is 19.5. The molecule has 0 aromatic carbocycles. The Bertz CT molecular complexity index is 560. The number of ether oxygens (including phenoxy) is 1. The minimum atomic E-state index is -3.13. The molecular weight excluding hydrogens is 302 g/mol. The maximum atomic E-state index is 11.8. The van der Waals surface area contributed by atoms with Crippen LogP contribution in [-0.2, 0) is 16.6 Å². The molecule has 2 heterocycles. The van der Waals surface area contributed by atoms with Gasteiger partial charge in [0, 0.05) is 37.9 Å². The zero-order chi connectivity index (χ0) is 16.0. The highest BCUT2D eigenvalue weighted by atomic mass is 32.2. The van der Waals surface area contributed by atoms with E-state index in [0.29, 0.717) is 18.9 Å². The van der Waals surface area contributed by atoms with Gasteiger partial charge in [0.2, 0.25) is 15.9 Å². The lowest BCUT2D eigenvalue weighted by atomic mass is 10.2. The summed E-state index contributed by atoms with van der Waals surface area (Å²) in [6, 6.07) is 3.90. The Morgan fingerprint density at radius 2 is 2.23 bits per heavy atom. The van der Waals surface area contributed by atoms with E-state index in [1.165, 1.54) is 0 Å². The van der Waals surface area contributed by atoms with Gasteiger partial charge < -0.3 is 4.74 Å². The van der Waals surface area contributed by atoms with E-state index >= 15 is 0 Å². The Labute approximate surface area is 132 Å². The van der Waals surface area contributed by atoms with Crippen LogP contribution >= 0.6 is 0 Å². The molecule has 0 aliphatic carbocycles. The van der Waals surface area contributed by atoms with Crippen molar-refractivity contribution < 1.29 is 13.2 Å². The lowest BCUT2D eigenvalue weighted by Crippen LogP contribution is -2.38. The maximum Gasteiger partial charge on any atom is 0.213 e. The van der Waals surface area contributed by atoms with Gasteiger partial charge in [0.05, 0.1) is 12.4 Å². The van der Waals surface area contributed by atoms with Crippen LogP contribution in [0.3, 0.4) is 0 Å². The third-order valence-corrected chi connectivity index (χ3v) is 5.23. The number of hydrogen-bond donors (Lipinski definition) is 1. The summed E-state index contributed by atoms with van der Waals surface area (Å²) in [7, 11) is -3.13. The molecular formula is C15H25N3O3S. The molecule has 0 saturated carbocycles. The molecule has 22 heavy (non-hydrogen) atoms. The van der Waals surface area contributed by atoms with Gasteiger partial charge in [-0.2, -0.15) is 0 Å². The number of hydrogen-bond acceptors (Lipinski definition) is 5. The van der Waals surface area contributed by atoms with Crippen molar-refractivity contribution in [1.29, 1.82) is 0 Å². The van der Waals surface area contributed by atoms with Crippen LogP contribution in [0.4, 0.5) is 0 Å². The molecule has 0 unspecified atom stereocenters. The van der Waals surface area contributed by atoms with Gasteiger partial charge in [0.25, 0.3) is 0 Å². The summed E-state index contributed by atoms with van der Waals surface area (Å²) >= 11 is 0. The molecule has 1 aromatic rings. The van der Waals surface area contributed by atoms with Crippen molar-refractivity contribution in [2.45, 2.75) is 39.3 Å². The molecule has 6 nitrogen and oxygen atoms in total. The molecule has 1 aliphatic heterocycles. The average molecular weight is 327 g/mol. The Morgan fingerprint density at radius 1 is 1.41 bits per heavy atom. The van der Waals surface area contributed by atoms with Crippen molar-refractivity contribution in [3.63, 3.8) is 0 Å². The Kier molecular flexibility index (Phi) is 6.16. The highest BCUT2D eigenvalue weighted by Gasteiger charge is 2.25. The van der Waals surface area contributed by atoms with Crippen molar-refractivity contribution in [3.8, 4) is 5.88 Å². The standard InChI is InChI=1S/C15H25N3O3S/c1-3-9-22(19,20)17-14-7-8-18(12-14)11-13-5-6-15(16-10-13)21-4-2/h5-6,10,14,17H,3-4,7-9,11-12H2,1-2H3/t14-/m1/s1. The van der Waals surface area contributed by atoms with E-state index in [-0.39, 0.29) is 11.8 Å². The maximum absolute atomic E-state index is 11.8. The number of likely N-dealkylation sites (tertiary alicyclic amines) is 1. The molecule has 124 valence electrons. The van der Waals surface area contributed by atoms with E-state index in [9.17, 15) is 8.42 Å². The summed E-state index contributed by atoms with van der Waals surface area (Å²) in [5.74, 6) is 0.838. The lowest BCUT2D eigenvalue weighted by molar-refractivity contribution is 0.318. The average Bonchev–Trinajstić information content (AvgIpc) is 2.87. The number of sulfonamides is 1. The molecule has 0 radical (unpaired) electrons. The molecule has 1 saturated heterocycles. The van der Waals surface area contributed by atoms with Crippen LogP contribution in [0.1, 0.15) is 32.3 Å². The Morgan fingerprint density at radius 3 is 2.86 bits per heavy atom. The van der Waals surface area contributed by atoms with Crippen molar-refractivity contribution in [2.24, 2.45) is 0 Å². The summed E-state index contributed by atoms with van der Waals surface area (Å²) in [5, 5.41) is 0. The largest absolute Gasteiger partial charge is 0.478 e. The topological polar surface area (TPSA) is 71.5 Å². The third-order valence-electron chi connectivity index (χ3n) is 3.59. The predicted molar refractivity (Wildman–Crippen MR) is 86.3 cm³/mol. The molecule has 1 fully saturated rings. The van der Waals surface area contributed by atoms with Crippen LogP contribution in [-0.4, -0.2) is 49.8 Å². The minimum absolute atomic E-state index is 0.0206. The molecule has 0 amide bonds. The Balaban J connectivity index is 1.83. The predicted octanol–water partition coefficient (Wildman–Crippen LogP) is 1.38. The fourth-order valence-corrected chi connectivity index (χ4v) is 4.01. The Hall–Kier alpha value is -1.18. The molecule has 0 spiro atoms. The highest BCUT2D eigenvalue weighted by Crippen LogP contribution is 2.15. The summed E-state index contributed by atoms with van der Waals surface area (Å²) in [6.07, 6.45) is 3.32. The molecule has 1 aliphatic rings. The number of rotatable bonds is 8. The van der Waals surface area contributed by atoms with Crippen molar-refractivity contribution >= 4 is 10.0 Å². The first-order valence-corrected chi connectivity index (χ1v) is 9.47. The van der Waals surface area contributed by atoms with Crippen LogP contribution in [0.25, 0.3) is 0 Å². The van der Waals surface area contributed by atoms with Gasteiger partial charge >= 0.3 is 0 Å². The van der Waals surface area contributed by atoms with Crippen LogP contribution in [0, 0.1) is 0 Å². The van der Waals surface area contributed by atoms with E-state index in [1.807, 2.05) is 32.2 Å². The van der Waals surface area contributed by atoms with Gasteiger partial charge in [0.15, 0.2) is 0 Å². The van der Waals surface area contributed by atoms with Crippen LogP contribution < -0.4 is 9.46 Å². The van der Waals surface area contributed by atoms with E-state index in [2.05, 4.69) is 14.6 Å². The molecule has 0 bridgehead atoms. The van der Waals surface area contributed by atoms with E-state index in [1.54, 1.807) is 0 Å². The van der Waals surface area contributed by atoms with E-state index < -0.39 is 10.0 Å². The smallest absolute Gasteiger partial charge is 0.213 e. The molecule has 1 aromatic heterocycles. The van der Waals surface area contributed by atoms with Gasteiger partial charge in [-0.3, -0.25) is 4.90 Å². The van der Waals surface area contributed by atoms with Gasteiger partial charge in [-0.15, -0.1) is 0 Å². The second kappa shape index (κ2) is 7.89. The fourth-order valence-electron chi connectivity index (χ4n) is 2.65. The summed E-state index contributed by atoms with van der Waals surface area (Å²) in [6.45, 7) is 6.84. The minimum Gasteiger partial charge on any atom is -0.478 e. The number of aromatic nitrogens is 1. The highest BCUT2D eigenvalue weighted by molar-refractivity contribution is 7.89. The quantitative estimate of drug-likeness (QED) is 0.781. The van der Waals surface area contributed by atoms with Crippen LogP contribution in [0.2, 0.25) is 0 Å². The zero-order valence-electron chi connectivity index (χ0n) is 13.3. The summed E-state index contributed by atoms with van der Waals surface area (Å²) < 4.78 is 31.7. The van der Waals surface area contributed by atoms with Crippen molar-refractivity contribution in [1.82, 2.24) is 14.6 Å². The number of pyridine rings is 1. The molecule has 2 rings (SSSR count). The second-order valence-electron chi connectivity index (χ2n) is 5.60. The van der Waals surface area contributed by atoms with E-state index in [4.69, 9.17) is 4.74 Å². The number of nitrogens with one attached hydrogen (secondary N) is 1. The van der Waals surface area contributed by atoms with Crippen molar-refractivity contribution in [2.75, 3.05) is 25.4 Å². The van der Waals surface area contributed by atoms with Gasteiger partial charge in [-0.25, -0.2) is 18.1 Å². The van der Waals surface area contributed by atoms with Crippen LogP contribution in [0.5, 0.6) is 5.88 Å². The SMILES string of the molecule is CCCS(=O)(=O)N[C@@H]1CCN(Cc2ccc(OCC)nc2)C1. The monoisotopic (exact) mass is 327 g/mol. The summed E-state index contributed by atoms with van der Waals surface area (Å²) in [5.41, 5.74) is 1.11. The fraction of sp³-hybridized carbons (Fsp3) is 0.667. The zero-order valence-corrected chi connectivity index (χ0v) is 14.1. The number of nitrogens with zero attached hydrogens (tertiary/aromatic N) is 2. The lowest BCUT2D eigenvalue weighted by Gasteiger charge is -2.16. The molecule has 7 heteroatoms. The van der Waals surface area contributed by atoms with Gasteiger partial charge in [-0.05, 0) is 25.3 Å². The van der Waals surface area contributed by atoms with Crippen molar-refractivity contribution in [3.05, 3.63) is 23.9 Å². The summed E-state index contributed by atoms with van der Waals surface area (Å²) in [4.78, 5) is 6.50. The van der Waals surface area contributed by atoms with Gasteiger partial charge in [-0.1, -0.05) is 13.0 Å². The molecule has 1 atom stereocenters. The third kappa shape index (κ3) is 5.23. The van der Waals surface area contributed by atoms with Crippen LogP contribution in [0.15, 0.2) is 18.3 Å². The first kappa shape index (κ1) is 17.2. The molecule has 1 N–H and O–H groups in total.